The van der Waals surface area contributed by atoms with Gasteiger partial charge in [-0.3, -0.25) is 4.79 Å². The Labute approximate surface area is 117 Å². The first-order valence-electron chi connectivity index (χ1n) is 6.31. The van der Waals surface area contributed by atoms with E-state index in [-0.39, 0.29) is 6.42 Å². The number of ether oxygens (including phenoxy) is 1. The van der Waals surface area contributed by atoms with Gasteiger partial charge in [-0.1, -0.05) is 30.3 Å². The second-order valence-corrected chi connectivity index (χ2v) is 4.35. The van der Waals surface area contributed by atoms with Crippen molar-refractivity contribution in [2.24, 2.45) is 0 Å². The predicted molar refractivity (Wildman–Crippen MR) is 72.1 cm³/mol. The number of hydrogen-bond donors (Lipinski definition) is 3. The van der Waals surface area contributed by atoms with E-state index in [1.165, 1.54) is 7.11 Å². The van der Waals surface area contributed by atoms with Gasteiger partial charge in [-0.05, 0) is 18.4 Å². The summed E-state index contributed by atoms with van der Waals surface area (Å²) in [4.78, 5) is 22.9. The minimum Gasteiger partial charge on any atom is -0.480 e. The summed E-state index contributed by atoms with van der Waals surface area (Å²) in [5.41, 5.74) is 0.422. The minimum atomic E-state index is -1.37. The molecule has 0 aromatic heterocycles. The van der Waals surface area contributed by atoms with Crippen molar-refractivity contribution >= 4 is 11.9 Å². The Morgan fingerprint density at radius 2 is 1.95 bits per heavy atom. The second-order valence-electron chi connectivity index (χ2n) is 4.35. The molecular formula is C14H19NO5. The smallest absolute Gasteiger partial charge is 0.326 e. The van der Waals surface area contributed by atoms with Crippen molar-refractivity contribution in [1.29, 1.82) is 0 Å². The third-order valence-electron chi connectivity index (χ3n) is 2.82. The molecule has 1 aromatic carbocycles. The maximum absolute atomic E-state index is 11.8. The highest BCUT2D eigenvalue weighted by Gasteiger charge is 2.24. The minimum absolute atomic E-state index is 0.246. The zero-order valence-corrected chi connectivity index (χ0v) is 11.3. The number of amides is 1. The SMILES string of the molecule is COCCCC(NC(=O)C(O)c1ccccc1)C(=O)O. The summed E-state index contributed by atoms with van der Waals surface area (Å²) in [5.74, 6) is -1.85. The van der Waals surface area contributed by atoms with Gasteiger partial charge in [0.15, 0.2) is 6.10 Å². The van der Waals surface area contributed by atoms with Gasteiger partial charge in [0.1, 0.15) is 6.04 Å². The van der Waals surface area contributed by atoms with E-state index in [2.05, 4.69) is 5.32 Å². The standard InChI is InChI=1S/C14H19NO5/c1-20-9-5-8-11(14(18)19)15-13(17)12(16)10-6-3-2-4-7-10/h2-4,6-7,11-12,16H,5,8-9H2,1H3,(H,15,17)(H,18,19). The lowest BCUT2D eigenvalue weighted by atomic mass is 10.1. The zero-order chi connectivity index (χ0) is 15.0. The van der Waals surface area contributed by atoms with Crippen molar-refractivity contribution in [3.05, 3.63) is 35.9 Å². The molecule has 0 bridgehead atoms. The largest absolute Gasteiger partial charge is 0.480 e. The maximum Gasteiger partial charge on any atom is 0.326 e. The number of carbonyl (C=O) groups excluding carboxylic acids is 1. The Bertz CT molecular complexity index is 434. The molecule has 0 heterocycles. The number of carboxylic acids is 1. The average molecular weight is 281 g/mol. The fraction of sp³-hybridized carbons (Fsp3) is 0.429. The molecule has 0 radical (unpaired) electrons. The van der Waals surface area contributed by atoms with Gasteiger partial charge < -0.3 is 20.3 Å². The lowest BCUT2D eigenvalue weighted by Gasteiger charge is -2.17. The van der Waals surface area contributed by atoms with E-state index < -0.39 is 24.0 Å². The monoisotopic (exact) mass is 281 g/mol. The molecule has 0 aliphatic rings. The van der Waals surface area contributed by atoms with Crippen molar-refractivity contribution in [2.75, 3.05) is 13.7 Å². The van der Waals surface area contributed by atoms with Crippen LogP contribution in [-0.4, -0.2) is 41.8 Å². The van der Waals surface area contributed by atoms with Crippen LogP contribution in [0.5, 0.6) is 0 Å². The van der Waals surface area contributed by atoms with E-state index in [4.69, 9.17) is 9.84 Å². The van der Waals surface area contributed by atoms with Crippen molar-refractivity contribution in [3.63, 3.8) is 0 Å². The highest BCUT2D eigenvalue weighted by Crippen LogP contribution is 2.12. The molecule has 1 rings (SSSR count). The third-order valence-corrected chi connectivity index (χ3v) is 2.82. The van der Waals surface area contributed by atoms with Gasteiger partial charge in [0.25, 0.3) is 5.91 Å². The number of carboxylic acid groups (broad SMARTS) is 1. The first kappa shape index (κ1) is 16.1. The Kier molecular flexibility index (Phi) is 6.69. The highest BCUT2D eigenvalue weighted by molar-refractivity contribution is 5.86. The topological polar surface area (TPSA) is 95.9 Å². The molecule has 0 fully saturated rings. The van der Waals surface area contributed by atoms with Gasteiger partial charge in [0.2, 0.25) is 0 Å². The summed E-state index contributed by atoms with van der Waals surface area (Å²) in [7, 11) is 1.52. The molecule has 1 aromatic rings. The van der Waals surface area contributed by atoms with Crippen LogP contribution in [0, 0.1) is 0 Å². The van der Waals surface area contributed by atoms with Gasteiger partial charge >= 0.3 is 5.97 Å². The van der Waals surface area contributed by atoms with Crippen molar-refractivity contribution < 1.29 is 24.5 Å². The molecule has 0 spiro atoms. The Morgan fingerprint density at radius 1 is 1.30 bits per heavy atom. The van der Waals surface area contributed by atoms with E-state index in [9.17, 15) is 14.7 Å². The molecule has 0 saturated carbocycles. The molecule has 110 valence electrons. The lowest BCUT2D eigenvalue weighted by molar-refractivity contribution is -0.143. The maximum atomic E-state index is 11.8. The number of rotatable bonds is 8. The summed E-state index contributed by atoms with van der Waals surface area (Å²) in [6, 6.07) is 7.32. The molecule has 2 unspecified atom stereocenters. The second kappa shape index (κ2) is 8.29. The molecule has 20 heavy (non-hydrogen) atoms. The molecule has 6 heteroatoms. The zero-order valence-electron chi connectivity index (χ0n) is 11.3. The fourth-order valence-electron chi connectivity index (χ4n) is 1.73. The van der Waals surface area contributed by atoms with Crippen molar-refractivity contribution in [3.8, 4) is 0 Å². The van der Waals surface area contributed by atoms with E-state index in [1.807, 2.05) is 0 Å². The molecule has 0 aliphatic heterocycles. The van der Waals surface area contributed by atoms with Gasteiger partial charge in [-0.2, -0.15) is 0 Å². The van der Waals surface area contributed by atoms with Crippen LogP contribution in [0.2, 0.25) is 0 Å². The van der Waals surface area contributed by atoms with Crippen LogP contribution in [0.4, 0.5) is 0 Å². The quantitative estimate of drug-likeness (QED) is 0.610. The lowest BCUT2D eigenvalue weighted by Crippen LogP contribution is -2.43. The summed E-state index contributed by atoms with van der Waals surface area (Å²) in [6.45, 7) is 0.418. The number of benzene rings is 1. The van der Waals surface area contributed by atoms with E-state index >= 15 is 0 Å². The molecule has 0 saturated heterocycles. The summed E-state index contributed by atoms with van der Waals surface area (Å²) >= 11 is 0. The van der Waals surface area contributed by atoms with E-state index in [0.29, 0.717) is 18.6 Å². The molecule has 0 aliphatic carbocycles. The normalized spacial score (nSPS) is 13.5. The van der Waals surface area contributed by atoms with Crippen LogP contribution in [0.1, 0.15) is 24.5 Å². The molecular weight excluding hydrogens is 262 g/mol. The van der Waals surface area contributed by atoms with Crippen LogP contribution in [0.25, 0.3) is 0 Å². The van der Waals surface area contributed by atoms with E-state index in [0.717, 1.165) is 0 Å². The number of carbonyl (C=O) groups is 2. The Hall–Kier alpha value is -1.92. The Balaban J connectivity index is 2.59. The van der Waals surface area contributed by atoms with Crippen LogP contribution in [0.15, 0.2) is 30.3 Å². The van der Waals surface area contributed by atoms with Crippen LogP contribution in [0.3, 0.4) is 0 Å². The molecule has 3 N–H and O–H groups in total. The number of methoxy groups -OCH3 is 1. The van der Waals surface area contributed by atoms with Gasteiger partial charge in [0.05, 0.1) is 0 Å². The van der Waals surface area contributed by atoms with Crippen LogP contribution in [-0.2, 0) is 14.3 Å². The summed E-state index contributed by atoms with van der Waals surface area (Å²) < 4.78 is 4.84. The van der Waals surface area contributed by atoms with Crippen LogP contribution < -0.4 is 5.32 Å². The van der Waals surface area contributed by atoms with Gasteiger partial charge in [-0.15, -0.1) is 0 Å². The third kappa shape index (κ3) is 4.99. The number of aliphatic hydroxyl groups is 1. The highest BCUT2D eigenvalue weighted by atomic mass is 16.5. The number of aliphatic carboxylic acids is 1. The average Bonchev–Trinajstić information content (AvgIpc) is 2.46. The number of nitrogens with one attached hydrogen (secondary N) is 1. The van der Waals surface area contributed by atoms with Gasteiger partial charge in [-0.25, -0.2) is 4.79 Å². The molecule has 1 amide bonds. The first-order valence-corrected chi connectivity index (χ1v) is 6.31. The first-order chi connectivity index (χ1) is 9.56. The van der Waals surface area contributed by atoms with Crippen LogP contribution >= 0.6 is 0 Å². The van der Waals surface area contributed by atoms with Crippen molar-refractivity contribution in [2.45, 2.75) is 25.0 Å². The molecule has 2 atom stereocenters. The summed E-state index contributed by atoms with van der Waals surface area (Å²) in [6.07, 6.45) is -0.619. The van der Waals surface area contributed by atoms with Gasteiger partial charge in [0, 0.05) is 13.7 Å². The number of aliphatic hydroxyl groups excluding tert-OH is 1. The van der Waals surface area contributed by atoms with Crippen molar-refractivity contribution in [1.82, 2.24) is 5.32 Å². The summed E-state index contributed by atoms with van der Waals surface area (Å²) in [5, 5.41) is 21.2. The Morgan fingerprint density at radius 3 is 2.50 bits per heavy atom. The predicted octanol–water partition coefficient (Wildman–Crippen LogP) is 0.716. The number of hydrogen-bond acceptors (Lipinski definition) is 4. The molecule has 6 nitrogen and oxygen atoms in total. The fourth-order valence-corrected chi connectivity index (χ4v) is 1.73. The van der Waals surface area contributed by atoms with E-state index in [1.54, 1.807) is 30.3 Å².